The quantitative estimate of drug-likeness (QED) is 0.586. The van der Waals surface area contributed by atoms with Crippen LogP contribution in [0.1, 0.15) is 70.6 Å². The van der Waals surface area contributed by atoms with Crippen LogP contribution < -0.4 is 11.5 Å². The summed E-state index contributed by atoms with van der Waals surface area (Å²) in [5.41, 5.74) is 11.8. The highest BCUT2D eigenvalue weighted by Crippen LogP contribution is 2.45. The molecule has 0 aliphatic heterocycles. The average molecular weight is 252 g/mol. The minimum atomic E-state index is -0.466. The highest BCUT2D eigenvalue weighted by molar-refractivity contribution is 5.86. The van der Waals surface area contributed by atoms with Gasteiger partial charge in [-0.25, -0.2) is 0 Å². The van der Waals surface area contributed by atoms with E-state index in [1.54, 1.807) is 0 Å². The zero-order chi connectivity index (χ0) is 13.0. The second-order valence-electron chi connectivity index (χ2n) is 6.24. The summed E-state index contributed by atoms with van der Waals surface area (Å²) in [4.78, 5) is 12.6. The fourth-order valence-electron chi connectivity index (χ4n) is 4.10. The molecule has 3 heteroatoms. The van der Waals surface area contributed by atoms with E-state index < -0.39 is 11.6 Å². The minimum absolute atomic E-state index is 0.363. The van der Waals surface area contributed by atoms with Crippen molar-refractivity contribution in [3.05, 3.63) is 0 Å². The average Bonchev–Trinajstić information content (AvgIpc) is 2.70. The van der Waals surface area contributed by atoms with Gasteiger partial charge in [-0.1, -0.05) is 38.5 Å². The van der Waals surface area contributed by atoms with E-state index in [1.165, 1.54) is 25.7 Å². The minimum Gasteiger partial charge on any atom is -0.315 e. The van der Waals surface area contributed by atoms with Gasteiger partial charge in [0, 0.05) is 6.42 Å². The molecule has 104 valence electrons. The van der Waals surface area contributed by atoms with Crippen LogP contribution in [0, 0.1) is 11.3 Å². The third-order valence-corrected chi connectivity index (χ3v) is 5.19. The number of Topliss-reactive ketones (excluding diaryl/α,β-unsaturated/α-hetero) is 1. The first-order valence-corrected chi connectivity index (χ1v) is 7.72. The van der Waals surface area contributed by atoms with E-state index in [0.717, 1.165) is 38.5 Å². The van der Waals surface area contributed by atoms with Crippen LogP contribution in [-0.4, -0.2) is 11.9 Å². The van der Waals surface area contributed by atoms with Crippen molar-refractivity contribution < 1.29 is 4.79 Å². The van der Waals surface area contributed by atoms with Crippen LogP contribution in [0.5, 0.6) is 0 Å². The molecule has 0 amide bonds. The molecule has 2 fully saturated rings. The van der Waals surface area contributed by atoms with Gasteiger partial charge < -0.3 is 11.5 Å². The van der Waals surface area contributed by atoms with Gasteiger partial charge in [0.05, 0.1) is 11.6 Å². The monoisotopic (exact) mass is 252 g/mol. The van der Waals surface area contributed by atoms with Gasteiger partial charge in [-0.3, -0.25) is 4.79 Å². The van der Waals surface area contributed by atoms with Crippen LogP contribution in [0.15, 0.2) is 0 Å². The third kappa shape index (κ3) is 2.62. The molecule has 0 saturated heterocycles. The lowest BCUT2D eigenvalue weighted by Gasteiger charge is -2.41. The number of carbonyl (C=O) groups excluding carboxylic acids is 1. The van der Waals surface area contributed by atoms with Gasteiger partial charge in [0.2, 0.25) is 0 Å². The Morgan fingerprint density at radius 1 is 0.944 bits per heavy atom. The molecule has 0 radical (unpaired) electrons. The van der Waals surface area contributed by atoms with Gasteiger partial charge in [-0.2, -0.15) is 0 Å². The fraction of sp³-hybridized carbons (Fsp3) is 0.933. The van der Waals surface area contributed by atoms with Gasteiger partial charge in [0.25, 0.3) is 0 Å². The van der Waals surface area contributed by atoms with E-state index in [-0.39, 0.29) is 0 Å². The molecule has 2 saturated carbocycles. The number of hydrogen-bond donors (Lipinski definition) is 2. The molecule has 0 aromatic heterocycles. The maximum atomic E-state index is 12.6. The van der Waals surface area contributed by atoms with E-state index in [2.05, 4.69) is 0 Å². The van der Waals surface area contributed by atoms with Crippen molar-refractivity contribution in [2.45, 2.75) is 76.8 Å². The van der Waals surface area contributed by atoms with Crippen LogP contribution in [0.2, 0.25) is 0 Å². The van der Waals surface area contributed by atoms with E-state index in [4.69, 9.17) is 11.5 Å². The fourth-order valence-corrected chi connectivity index (χ4v) is 4.10. The van der Waals surface area contributed by atoms with Crippen molar-refractivity contribution >= 4 is 5.78 Å². The third-order valence-electron chi connectivity index (χ3n) is 5.19. The standard InChI is InChI=1S/C15H28N2O/c16-14(17)15(11-7-3-6-10-13(15)18)12-8-4-1-2-5-9-12/h12,14H,1-11,16-17H2. The van der Waals surface area contributed by atoms with Crippen LogP contribution in [0.25, 0.3) is 0 Å². The molecule has 2 rings (SSSR count). The summed E-state index contributed by atoms with van der Waals surface area (Å²) < 4.78 is 0. The maximum Gasteiger partial charge on any atom is 0.142 e. The normalized spacial score (nSPS) is 32.3. The summed E-state index contributed by atoms with van der Waals surface area (Å²) in [6.45, 7) is 0. The summed E-state index contributed by atoms with van der Waals surface area (Å²) in [5, 5.41) is 0. The van der Waals surface area contributed by atoms with Crippen LogP contribution >= 0.6 is 0 Å². The van der Waals surface area contributed by atoms with Crippen molar-refractivity contribution in [1.82, 2.24) is 0 Å². The maximum absolute atomic E-state index is 12.6. The molecule has 0 bridgehead atoms. The highest BCUT2D eigenvalue weighted by atomic mass is 16.1. The molecule has 0 aromatic carbocycles. The number of carbonyl (C=O) groups is 1. The highest BCUT2D eigenvalue weighted by Gasteiger charge is 2.48. The van der Waals surface area contributed by atoms with Gasteiger partial charge in [0.1, 0.15) is 5.78 Å². The lowest BCUT2D eigenvalue weighted by atomic mass is 9.64. The lowest BCUT2D eigenvalue weighted by molar-refractivity contribution is -0.134. The van der Waals surface area contributed by atoms with Crippen LogP contribution in [-0.2, 0) is 4.79 Å². The molecule has 0 aromatic rings. The van der Waals surface area contributed by atoms with E-state index in [1.807, 2.05) is 0 Å². The molecule has 0 heterocycles. The summed E-state index contributed by atoms with van der Waals surface area (Å²) in [5.74, 6) is 0.799. The predicted octanol–water partition coefficient (Wildman–Crippen LogP) is 2.72. The predicted molar refractivity (Wildman–Crippen MR) is 73.9 cm³/mol. The molecule has 18 heavy (non-hydrogen) atoms. The number of hydrogen-bond acceptors (Lipinski definition) is 3. The Morgan fingerprint density at radius 3 is 2.17 bits per heavy atom. The van der Waals surface area contributed by atoms with Crippen LogP contribution in [0.4, 0.5) is 0 Å². The summed E-state index contributed by atoms with van der Waals surface area (Å²) >= 11 is 0. The Hall–Kier alpha value is -0.410. The van der Waals surface area contributed by atoms with Crippen molar-refractivity contribution in [3.63, 3.8) is 0 Å². The number of ketones is 1. The first-order chi connectivity index (χ1) is 8.68. The van der Waals surface area contributed by atoms with Crippen molar-refractivity contribution in [1.29, 1.82) is 0 Å². The topological polar surface area (TPSA) is 69.1 Å². The first-order valence-electron chi connectivity index (χ1n) is 7.72. The molecule has 1 atom stereocenters. The molecule has 0 spiro atoms. The Morgan fingerprint density at radius 2 is 1.56 bits per heavy atom. The number of rotatable bonds is 2. The van der Waals surface area contributed by atoms with Gasteiger partial charge in [-0.05, 0) is 31.6 Å². The van der Waals surface area contributed by atoms with Gasteiger partial charge >= 0.3 is 0 Å². The van der Waals surface area contributed by atoms with Crippen molar-refractivity contribution in [2.24, 2.45) is 22.8 Å². The summed E-state index contributed by atoms with van der Waals surface area (Å²) in [7, 11) is 0. The second kappa shape index (κ2) is 6.16. The van der Waals surface area contributed by atoms with E-state index >= 15 is 0 Å². The summed E-state index contributed by atoms with van der Waals surface area (Å²) in [6, 6.07) is 0. The van der Waals surface area contributed by atoms with Gasteiger partial charge in [-0.15, -0.1) is 0 Å². The largest absolute Gasteiger partial charge is 0.315 e. The Kier molecular flexibility index (Phi) is 4.79. The molecule has 1 unspecified atom stereocenters. The van der Waals surface area contributed by atoms with E-state index in [0.29, 0.717) is 18.1 Å². The lowest BCUT2D eigenvalue weighted by Crippen LogP contribution is -2.56. The molecular formula is C15H28N2O. The SMILES string of the molecule is NC(N)C1(C2CCCCCC2)CCCCCC1=O. The number of nitrogens with two attached hydrogens (primary N) is 2. The van der Waals surface area contributed by atoms with Crippen molar-refractivity contribution in [3.8, 4) is 0 Å². The Bertz CT molecular complexity index is 282. The first kappa shape index (κ1) is 14.0. The van der Waals surface area contributed by atoms with E-state index in [9.17, 15) is 4.79 Å². The zero-order valence-electron chi connectivity index (χ0n) is 11.5. The Labute approximate surface area is 111 Å². The summed E-state index contributed by atoms with van der Waals surface area (Å²) in [6.07, 6.45) is 11.9. The second-order valence-corrected chi connectivity index (χ2v) is 6.24. The van der Waals surface area contributed by atoms with Gasteiger partial charge in [0.15, 0.2) is 0 Å². The molecule has 3 nitrogen and oxygen atoms in total. The molecule has 4 N–H and O–H groups in total. The Balaban J connectivity index is 2.25. The zero-order valence-corrected chi connectivity index (χ0v) is 11.5. The van der Waals surface area contributed by atoms with Crippen molar-refractivity contribution in [2.75, 3.05) is 0 Å². The molecule has 2 aliphatic carbocycles. The smallest absolute Gasteiger partial charge is 0.142 e. The molecule has 2 aliphatic rings. The molecular weight excluding hydrogens is 224 g/mol. The van der Waals surface area contributed by atoms with Crippen LogP contribution in [0.3, 0.4) is 0 Å².